The van der Waals surface area contributed by atoms with Gasteiger partial charge >= 0.3 is 5.97 Å². The second-order valence-corrected chi connectivity index (χ2v) is 6.82. The van der Waals surface area contributed by atoms with Gasteiger partial charge in [0.25, 0.3) is 5.89 Å². The summed E-state index contributed by atoms with van der Waals surface area (Å²) in [5.41, 5.74) is 1.86. The van der Waals surface area contributed by atoms with E-state index in [2.05, 4.69) is 10.2 Å². The molecule has 0 saturated carbocycles. The maximum Gasteiger partial charge on any atom is 0.317 e. The maximum atomic E-state index is 13.6. The van der Waals surface area contributed by atoms with Crippen LogP contribution in [0.2, 0.25) is 0 Å². The van der Waals surface area contributed by atoms with Crippen molar-refractivity contribution in [3.63, 3.8) is 0 Å². The number of thioether (sulfide) groups is 1. The predicted molar refractivity (Wildman–Crippen MR) is 96.1 cm³/mol. The fraction of sp³-hybridized carbons (Fsp3) is 0.211. The molecule has 0 fully saturated rings. The standard InChI is InChI=1S/C19H16F2N2O3S/c1-11-3-5-13(6-4-11)19-23-22-18(26-19)12(2)25-17(24)10-27-16-9-14(20)7-8-15(16)21/h3-9,12H,10H2,1-2H3/t12-/m0/s1. The van der Waals surface area contributed by atoms with E-state index in [1.54, 1.807) is 6.92 Å². The molecule has 3 rings (SSSR count). The van der Waals surface area contributed by atoms with Crippen LogP contribution in [0.25, 0.3) is 11.5 Å². The van der Waals surface area contributed by atoms with Gasteiger partial charge in [0.2, 0.25) is 5.89 Å². The van der Waals surface area contributed by atoms with Crippen molar-refractivity contribution in [2.75, 3.05) is 5.75 Å². The SMILES string of the molecule is Cc1ccc(-c2nnc([C@H](C)OC(=O)CSc3cc(F)ccc3F)o2)cc1. The highest BCUT2D eigenvalue weighted by atomic mass is 32.2. The average Bonchev–Trinajstić information content (AvgIpc) is 3.13. The minimum atomic E-state index is -0.762. The number of carbonyl (C=O) groups is 1. The van der Waals surface area contributed by atoms with Gasteiger partial charge in [-0.15, -0.1) is 22.0 Å². The van der Waals surface area contributed by atoms with E-state index in [1.165, 1.54) is 0 Å². The summed E-state index contributed by atoms with van der Waals surface area (Å²) in [5.74, 6) is -1.47. The molecule has 0 aliphatic rings. The lowest BCUT2D eigenvalue weighted by Crippen LogP contribution is -2.11. The zero-order valence-electron chi connectivity index (χ0n) is 14.6. The van der Waals surface area contributed by atoms with E-state index in [-0.39, 0.29) is 16.5 Å². The summed E-state index contributed by atoms with van der Waals surface area (Å²) >= 11 is 0.854. The Kier molecular flexibility index (Phi) is 5.85. The third kappa shape index (κ3) is 4.91. The second-order valence-electron chi connectivity index (χ2n) is 5.81. The van der Waals surface area contributed by atoms with Crippen molar-refractivity contribution in [2.45, 2.75) is 24.8 Å². The van der Waals surface area contributed by atoms with Gasteiger partial charge in [-0.1, -0.05) is 17.7 Å². The van der Waals surface area contributed by atoms with E-state index in [0.717, 1.165) is 41.1 Å². The van der Waals surface area contributed by atoms with Gasteiger partial charge in [0, 0.05) is 10.5 Å². The van der Waals surface area contributed by atoms with Crippen LogP contribution in [0.3, 0.4) is 0 Å². The van der Waals surface area contributed by atoms with E-state index < -0.39 is 23.7 Å². The summed E-state index contributed by atoms with van der Waals surface area (Å²) in [6.07, 6.45) is -0.762. The molecule has 1 heterocycles. The molecule has 0 bridgehead atoms. The van der Waals surface area contributed by atoms with Crippen molar-refractivity contribution < 1.29 is 22.7 Å². The molecule has 8 heteroatoms. The normalized spacial score (nSPS) is 12.0. The summed E-state index contributed by atoms with van der Waals surface area (Å²) in [6, 6.07) is 10.6. The van der Waals surface area contributed by atoms with Gasteiger partial charge in [0.1, 0.15) is 11.6 Å². The van der Waals surface area contributed by atoms with Gasteiger partial charge in [-0.2, -0.15) is 0 Å². The molecule has 0 unspecified atom stereocenters. The summed E-state index contributed by atoms with van der Waals surface area (Å²) in [6.45, 7) is 3.57. The van der Waals surface area contributed by atoms with Crippen molar-refractivity contribution in [1.82, 2.24) is 10.2 Å². The van der Waals surface area contributed by atoms with Crippen molar-refractivity contribution >= 4 is 17.7 Å². The van der Waals surface area contributed by atoms with E-state index >= 15 is 0 Å². The van der Waals surface area contributed by atoms with Crippen LogP contribution >= 0.6 is 11.8 Å². The monoisotopic (exact) mass is 390 g/mol. The first-order chi connectivity index (χ1) is 12.9. The zero-order chi connectivity index (χ0) is 19.4. The van der Waals surface area contributed by atoms with Crippen LogP contribution in [-0.2, 0) is 9.53 Å². The summed E-state index contributed by atoms with van der Waals surface area (Å²) < 4.78 is 37.5. The van der Waals surface area contributed by atoms with Crippen molar-refractivity contribution in [1.29, 1.82) is 0 Å². The molecule has 5 nitrogen and oxygen atoms in total. The van der Waals surface area contributed by atoms with E-state index in [0.29, 0.717) is 5.89 Å². The zero-order valence-corrected chi connectivity index (χ0v) is 15.4. The number of benzene rings is 2. The third-order valence-electron chi connectivity index (χ3n) is 3.63. The number of rotatable bonds is 6. The predicted octanol–water partition coefficient (Wildman–Crippen LogP) is 4.72. The molecule has 0 aliphatic heterocycles. The van der Waals surface area contributed by atoms with Crippen molar-refractivity contribution in [3.05, 3.63) is 65.6 Å². The highest BCUT2D eigenvalue weighted by molar-refractivity contribution is 8.00. The molecule has 1 atom stereocenters. The number of esters is 1. The number of halogens is 2. The first kappa shape index (κ1) is 19.0. The van der Waals surface area contributed by atoms with Crippen molar-refractivity contribution in [3.8, 4) is 11.5 Å². The largest absolute Gasteiger partial charge is 0.452 e. The third-order valence-corrected chi connectivity index (χ3v) is 4.64. The number of aryl methyl sites for hydroxylation is 1. The summed E-state index contributed by atoms with van der Waals surface area (Å²) in [7, 11) is 0. The van der Waals surface area contributed by atoms with E-state index in [4.69, 9.17) is 9.15 Å². The second kappa shape index (κ2) is 8.30. The molecule has 2 aromatic carbocycles. The number of carbonyl (C=O) groups excluding carboxylic acids is 1. The Morgan fingerprint density at radius 1 is 1.19 bits per heavy atom. The number of aromatic nitrogens is 2. The lowest BCUT2D eigenvalue weighted by atomic mass is 10.1. The summed E-state index contributed by atoms with van der Waals surface area (Å²) in [5, 5.41) is 7.86. The lowest BCUT2D eigenvalue weighted by molar-refractivity contribution is -0.146. The lowest BCUT2D eigenvalue weighted by Gasteiger charge is -2.09. The molecular formula is C19H16F2N2O3S. The molecular weight excluding hydrogens is 374 g/mol. The van der Waals surface area contributed by atoms with Crippen molar-refractivity contribution in [2.24, 2.45) is 0 Å². The Balaban J connectivity index is 1.58. The van der Waals surface area contributed by atoms with Crippen LogP contribution in [-0.4, -0.2) is 21.9 Å². The minimum absolute atomic E-state index is 0.0408. The smallest absolute Gasteiger partial charge is 0.317 e. The molecule has 0 aliphatic carbocycles. The molecule has 1 aromatic heterocycles. The summed E-state index contributed by atoms with van der Waals surface area (Å²) in [4.78, 5) is 12.0. The Hall–Kier alpha value is -2.74. The quantitative estimate of drug-likeness (QED) is 0.448. The van der Waals surface area contributed by atoms with Gasteiger partial charge in [-0.3, -0.25) is 4.79 Å². The topological polar surface area (TPSA) is 65.2 Å². The maximum absolute atomic E-state index is 13.6. The highest BCUT2D eigenvalue weighted by Crippen LogP contribution is 2.25. The van der Waals surface area contributed by atoms with Crippen LogP contribution in [0.15, 0.2) is 51.8 Å². The van der Waals surface area contributed by atoms with Crippen LogP contribution < -0.4 is 0 Å². The molecule has 0 N–H and O–H groups in total. The van der Waals surface area contributed by atoms with Gasteiger partial charge in [-0.05, 0) is 44.2 Å². The van der Waals surface area contributed by atoms with Crippen LogP contribution in [0.5, 0.6) is 0 Å². The Morgan fingerprint density at radius 2 is 1.93 bits per heavy atom. The van der Waals surface area contributed by atoms with Gasteiger partial charge < -0.3 is 9.15 Å². The number of ether oxygens (including phenoxy) is 1. The Bertz CT molecular complexity index is 944. The van der Waals surface area contributed by atoms with Gasteiger partial charge in [0.05, 0.1) is 5.75 Å². The molecule has 140 valence electrons. The Labute approximate surface area is 158 Å². The number of hydrogen-bond donors (Lipinski definition) is 0. The van der Waals surface area contributed by atoms with Crippen LogP contribution in [0.4, 0.5) is 8.78 Å². The number of nitrogens with zero attached hydrogens (tertiary/aromatic N) is 2. The molecule has 0 radical (unpaired) electrons. The Morgan fingerprint density at radius 3 is 2.67 bits per heavy atom. The first-order valence-corrected chi connectivity index (χ1v) is 9.08. The minimum Gasteiger partial charge on any atom is -0.452 e. The molecule has 0 saturated heterocycles. The van der Waals surface area contributed by atoms with E-state index in [9.17, 15) is 13.6 Å². The highest BCUT2D eigenvalue weighted by Gasteiger charge is 2.19. The van der Waals surface area contributed by atoms with Crippen LogP contribution in [0.1, 0.15) is 24.5 Å². The van der Waals surface area contributed by atoms with E-state index in [1.807, 2.05) is 31.2 Å². The fourth-order valence-corrected chi connectivity index (χ4v) is 2.96. The van der Waals surface area contributed by atoms with Gasteiger partial charge in [-0.25, -0.2) is 8.78 Å². The number of hydrogen-bond acceptors (Lipinski definition) is 6. The molecule has 0 amide bonds. The first-order valence-electron chi connectivity index (χ1n) is 8.10. The molecule has 27 heavy (non-hydrogen) atoms. The van der Waals surface area contributed by atoms with Gasteiger partial charge in [0.15, 0.2) is 6.10 Å². The van der Waals surface area contributed by atoms with Crippen LogP contribution in [0, 0.1) is 18.6 Å². The molecule has 3 aromatic rings. The average molecular weight is 390 g/mol. The molecule has 0 spiro atoms. The fourth-order valence-electron chi connectivity index (χ4n) is 2.22.